The van der Waals surface area contributed by atoms with Crippen LogP contribution in [0.3, 0.4) is 0 Å². The average molecular weight is 445 g/mol. The fraction of sp³-hybridized carbons (Fsp3) is 0.545. The van der Waals surface area contributed by atoms with Crippen molar-refractivity contribution in [1.82, 2.24) is 15.1 Å². The lowest BCUT2D eigenvalue weighted by atomic mass is 10.1. The molecular weight excluding hydrogens is 416 g/mol. The fourth-order valence-electron chi connectivity index (χ4n) is 3.97. The summed E-state index contributed by atoms with van der Waals surface area (Å²) in [5, 5.41) is 12.3. The molecule has 166 valence electrons. The monoisotopic (exact) mass is 444 g/mol. The van der Waals surface area contributed by atoms with Gasteiger partial charge >= 0.3 is 0 Å². The van der Waals surface area contributed by atoms with Crippen LogP contribution in [-0.2, 0) is 9.59 Å². The van der Waals surface area contributed by atoms with E-state index in [1.807, 2.05) is 18.2 Å². The van der Waals surface area contributed by atoms with Crippen LogP contribution < -0.4 is 14.8 Å². The molecule has 4 rings (SSSR count). The molecule has 1 atom stereocenters. The highest BCUT2D eigenvalue weighted by molar-refractivity contribution is 7.18. The predicted octanol–water partition coefficient (Wildman–Crippen LogP) is 4.22. The van der Waals surface area contributed by atoms with Crippen LogP contribution in [0.2, 0.25) is 0 Å². The van der Waals surface area contributed by atoms with Gasteiger partial charge in [0.1, 0.15) is 11.0 Å². The van der Waals surface area contributed by atoms with Crippen LogP contribution in [0.1, 0.15) is 58.3 Å². The number of hydrogen-bond acceptors (Lipinski definition) is 7. The van der Waals surface area contributed by atoms with Gasteiger partial charge in [0.05, 0.1) is 0 Å². The van der Waals surface area contributed by atoms with Crippen molar-refractivity contribution in [3.8, 4) is 22.1 Å². The van der Waals surface area contributed by atoms with Crippen LogP contribution in [0.15, 0.2) is 18.2 Å². The van der Waals surface area contributed by atoms with E-state index in [0.717, 1.165) is 31.2 Å². The lowest BCUT2D eigenvalue weighted by Crippen LogP contribution is -2.43. The Morgan fingerprint density at radius 2 is 2.00 bits per heavy atom. The number of hydrogen-bond donors (Lipinski definition) is 1. The van der Waals surface area contributed by atoms with Gasteiger partial charge in [-0.1, -0.05) is 43.9 Å². The Morgan fingerprint density at radius 3 is 2.87 bits per heavy atom. The summed E-state index contributed by atoms with van der Waals surface area (Å²) >= 11 is 1.30. The minimum atomic E-state index is -0.430. The van der Waals surface area contributed by atoms with Gasteiger partial charge in [-0.15, -0.1) is 10.2 Å². The quantitative estimate of drug-likeness (QED) is 0.582. The van der Waals surface area contributed by atoms with E-state index in [1.165, 1.54) is 24.2 Å². The van der Waals surface area contributed by atoms with Gasteiger partial charge in [0.2, 0.25) is 23.7 Å². The van der Waals surface area contributed by atoms with Crippen LogP contribution >= 0.6 is 11.3 Å². The van der Waals surface area contributed by atoms with Crippen molar-refractivity contribution in [3.63, 3.8) is 0 Å². The number of nitrogens with zero attached hydrogens (tertiary/aromatic N) is 3. The largest absolute Gasteiger partial charge is 0.454 e. The first-order valence-electron chi connectivity index (χ1n) is 11.0. The maximum atomic E-state index is 12.8. The number of amides is 2. The first-order chi connectivity index (χ1) is 15.2. The van der Waals surface area contributed by atoms with Crippen LogP contribution in [0.5, 0.6) is 11.5 Å². The number of nitrogens with one attached hydrogen (secondary N) is 1. The van der Waals surface area contributed by atoms with Crippen molar-refractivity contribution < 1.29 is 19.1 Å². The van der Waals surface area contributed by atoms with Crippen molar-refractivity contribution >= 4 is 28.3 Å². The lowest BCUT2D eigenvalue weighted by Gasteiger charge is -2.23. The summed E-state index contributed by atoms with van der Waals surface area (Å²) in [6.45, 7) is 3.03. The number of fused-ring (bicyclic) bond motifs is 1. The molecule has 3 heterocycles. The fourth-order valence-corrected chi connectivity index (χ4v) is 4.71. The van der Waals surface area contributed by atoms with Gasteiger partial charge < -0.3 is 14.4 Å². The van der Waals surface area contributed by atoms with Crippen LogP contribution in [0.25, 0.3) is 10.6 Å². The summed E-state index contributed by atoms with van der Waals surface area (Å²) < 4.78 is 10.7. The minimum absolute atomic E-state index is 0.0764. The van der Waals surface area contributed by atoms with Crippen LogP contribution in [0, 0.1) is 0 Å². The molecule has 1 aromatic heterocycles. The number of rotatable bonds is 9. The van der Waals surface area contributed by atoms with Crippen molar-refractivity contribution in [1.29, 1.82) is 0 Å². The molecule has 0 aliphatic carbocycles. The Bertz CT molecular complexity index is 932. The third-order valence-corrected chi connectivity index (χ3v) is 6.53. The molecule has 0 spiro atoms. The third-order valence-electron chi connectivity index (χ3n) is 5.64. The molecule has 0 saturated carbocycles. The van der Waals surface area contributed by atoms with E-state index in [2.05, 4.69) is 22.4 Å². The Kier molecular flexibility index (Phi) is 7.01. The summed E-state index contributed by atoms with van der Waals surface area (Å²) in [6, 6.07) is 5.15. The molecule has 1 saturated heterocycles. The Balaban J connectivity index is 1.33. The number of anilines is 1. The second-order valence-corrected chi connectivity index (χ2v) is 8.86. The molecule has 8 nitrogen and oxygen atoms in total. The molecule has 0 radical (unpaired) electrons. The highest BCUT2D eigenvalue weighted by atomic mass is 32.1. The third kappa shape index (κ3) is 5.15. The summed E-state index contributed by atoms with van der Waals surface area (Å²) in [7, 11) is 0. The Hall–Kier alpha value is -2.68. The molecule has 1 unspecified atom stereocenters. The number of likely N-dealkylation sites (tertiary alicyclic amines) is 1. The minimum Gasteiger partial charge on any atom is -0.454 e. The number of carbonyl (C=O) groups is 2. The molecule has 1 fully saturated rings. The van der Waals surface area contributed by atoms with E-state index in [9.17, 15) is 9.59 Å². The molecule has 9 heteroatoms. The molecule has 31 heavy (non-hydrogen) atoms. The first kappa shape index (κ1) is 21.5. The molecular formula is C22H28N4O4S. The van der Waals surface area contributed by atoms with Gasteiger partial charge in [-0.25, -0.2) is 0 Å². The second-order valence-electron chi connectivity index (χ2n) is 7.88. The SMILES string of the molecule is CCCCCCCC(=O)N1CCCC1C(=O)Nc1nnc(-c2ccc3c(c2)OCO3)s1. The summed E-state index contributed by atoms with van der Waals surface area (Å²) in [5.41, 5.74) is 0.850. The molecule has 2 aromatic rings. The molecule has 2 amide bonds. The van der Waals surface area contributed by atoms with Gasteiger partial charge in [0.25, 0.3) is 0 Å². The normalized spacial score (nSPS) is 17.2. The zero-order chi connectivity index (χ0) is 21.6. The molecule has 2 aliphatic heterocycles. The van der Waals surface area contributed by atoms with E-state index in [4.69, 9.17) is 9.47 Å². The summed E-state index contributed by atoms with van der Waals surface area (Å²) in [6.07, 6.45) is 7.55. The van der Waals surface area contributed by atoms with Crippen molar-refractivity contribution in [2.45, 2.75) is 64.3 Å². The van der Waals surface area contributed by atoms with Gasteiger partial charge in [0.15, 0.2) is 11.5 Å². The zero-order valence-electron chi connectivity index (χ0n) is 17.8. The number of benzene rings is 1. The van der Waals surface area contributed by atoms with E-state index < -0.39 is 6.04 Å². The summed E-state index contributed by atoms with van der Waals surface area (Å²) in [4.78, 5) is 27.2. The summed E-state index contributed by atoms with van der Waals surface area (Å²) in [5.74, 6) is 1.27. The van der Waals surface area contributed by atoms with Gasteiger partial charge in [-0.3, -0.25) is 14.9 Å². The first-order valence-corrected chi connectivity index (χ1v) is 11.8. The van der Waals surface area contributed by atoms with Gasteiger partial charge in [0, 0.05) is 18.5 Å². The molecule has 2 aliphatic rings. The van der Waals surface area contributed by atoms with E-state index >= 15 is 0 Å². The molecule has 0 bridgehead atoms. The standard InChI is InChI=1S/C22H28N4O4S/c1-2-3-4-5-6-9-19(27)26-12-7-8-16(26)20(28)23-22-25-24-21(31-22)15-10-11-17-18(13-15)30-14-29-17/h10-11,13,16H,2-9,12,14H2,1H3,(H,23,25,28). The van der Waals surface area contributed by atoms with E-state index in [1.54, 1.807) is 4.90 Å². The molecule has 1 N–H and O–H groups in total. The topological polar surface area (TPSA) is 93.7 Å². The van der Waals surface area contributed by atoms with Crippen molar-refractivity contribution in [2.24, 2.45) is 0 Å². The lowest BCUT2D eigenvalue weighted by molar-refractivity contribution is -0.136. The van der Waals surface area contributed by atoms with Crippen LogP contribution in [0.4, 0.5) is 5.13 Å². The van der Waals surface area contributed by atoms with E-state index in [0.29, 0.717) is 41.0 Å². The zero-order valence-corrected chi connectivity index (χ0v) is 18.6. The highest BCUT2D eigenvalue weighted by Gasteiger charge is 2.34. The number of carbonyl (C=O) groups excluding carboxylic acids is 2. The highest BCUT2D eigenvalue weighted by Crippen LogP contribution is 2.37. The molecule has 1 aromatic carbocycles. The maximum absolute atomic E-state index is 12.8. The Labute approximate surface area is 185 Å². The van der Waals surface area contributed by atoms with Gasteiger partial charge in [-0.05, 0) is 37.5 Å². The smallest absolute Gasteiger partial charge is 0.249 e. The second kappa shape index (κ2) is 10.1. The predicted molar refractivity (Wildman–Crippen MR) is 118 cm³/mol. The van der Waals surface area contributed by atoms with Gasteiger partial charge in [-0.2, -0.15) is 0 Å². The van der Waals surface area contributed by atoms with Crippen molar-refractivity contribution in [2.75, 3.05) is 18.7 Å². The Morgan fingerprint density at radius 1 is 1.16 bits per heavy atom. The average Bonchev–Trinajstić information content (AvgIpc) is 3.52. The van der Waals surface area contributed by atoms with Crippen LogP contribution in [-0.4, -0.2) is 46.3 Å². The number of unbranched alkanes of at least 4 members (excludes halogenated alkanes) is 4. The van der Waals surface area contributed by atoms with E-state index in [-0.39, 0.29) is 18.6 Å². The number of aromatic nitrogens is 2. The van der Waals surface area contributed by atoms with Crippen molar-refractivity contribution in [3.05, 3.63) is 18.2 Å². The number of ether oxygens (including phenoxy) is 2. The maximum Gasteiger partial charge on any atom is 0.249 e.